The van der Waals surface area contributed by atoms with Crippen LogP contribution in [0.4, 0.5) is 0 Å². The summed E-state index contributed by atoms with van der Waals surface area (Å²) < 4.78 is 17.9. The molecule has 0 N–H and O–H groups in total. The third-order valence-corrected chi connectivity index (χ3v) is 2.85. The molecule has 4 heteroatoms. The number of rotatable bonds is 3. The Morgan fingerprint density at radius 1 is 1.67 bits per heavy atom. The maximum atomic E-state index is 11.5. The van der Waals surface area contributed by atoms with Crippen LogP contribution in [0.3, 0.4) is 0 Å². The van der Waals surface area contributed by atoms with Crippen molar-refractivity contribution in [1.29, 1.82) is 0 Å². The van der Waals surface area contributed by atoms with Gasteiger partial charge in [-0.3, -0.25) is 0 Å². The highest BCUT2D eigenvalue weighted by Crippen LogP contribution is 2.34. The molecule has 1 aromatic rings. The molecule has 3 nitrogen and oxygen atoms in total. The van der Waals surface area contributed by atoms with Gasteiger partial charge in [0, 0.05) is 23.5 Å². The molecule has 0 saturated carbocycles. The van der Waals surface area contributed by atoms with Crippen LogP contribution in [0.5, 0.6) is 0 Å². The number of carbonyl (C=O) groups is 1. The summed E-state index contributed by atoms with van der Waals surface area (Å²) in [6.45, 7) is 0.428. The van der Waals surface area contributed by atoms with Gasteiger partial charge < -0.3 is 9.47 Å². The topological polar surface area (TPSA) is 35.5 Å². The standard InChI is InChI=1S/C11H11BrO3/c1-14-5-4-10-8-3-2-7(12)6-9(8)11(13)15-10/h2-3,6,10H,4-5H2,1H3/i1D. The monoisotopic (exact) mass is 271 g/mol. The lowest BCUT2D eigenvalue weighted by Gasteiger charge is -2.09. The third-order valence-electron chi connectivity index (χ3n) is 2.36. The number of ether oxygens (including phenoxy) is 2. The average Bonchev–Trinajstić information content (AvgIpc) is 2.56. The molecule has 1 aromatic carbocycles. The summed E-state index contributed by atoms with van der Waals surface area (Å²) in [6.07, 6.45) is 0.362. The number of carbonyl (C=O) groups excluding carboxylic acids is 1. The predicted octanol–water partition coefficient (Wildman–Crippen LogP) is 2.70. The van der Waals surface area contributed by atoms with Crippen molar-refractivity contribution in [2.45, 2.75) is 12.5 Å². The second-order valence-corrected chi connectivity index (χ2v) is 4.24. The number of hydrogen-bond acceptors (Lipinski definition) is 3. The first-order valence-electron chi connectivity index (χ1n) is 5.30. The van der Waals surface area contributed by atoms with Crippen LogP contribution in [0.15, 0.2) is 22.7 Å². The van der Waals surface area contributed by atoms with Gasteiger partial charge in [-0.25, -0.2) is 4.79 Å². The van der Waals surface area contributed by atoms with E-state index in [2.05, 4.69) is 15.9 Å². The van der Waals surface area contributed by atoms with Gasteiger partial charge in [0.15, 0.2) is 0 Å². The van der Waals surface area contributed by atoms with Gasteiger partial charge >= 0.3 is 5.97 Å². The van der Waals surface area contributed by atoms with Crippen molar-refractivity contribution >= 4 is 21.9 Å². The molecule has 0 aromatic heterocycles. The second kappa shape index (κ2) is 4.33. The first-order valence-corrected chi connectivity index (χ1v) is 5.39. The van der Waals surface area contributed by atoms with Crippen molar-refractivity contribution in [3.63, 3.8) is 0 Å². The molecule has 1 aliphatic rings. The Morgan fingerprint density at radius 2 is 2.53 bits per heavy atom. The fourth-order valence-corrected chi connectivity index (χ4v) is 2.01. The molecule has 2 rings (SSSR count). The maximum Gasteiger partial charge on any atom is 0.339 e. The lowest BCUT2D eigenvalue weighted by molar-refractivity contribution is 0.0307. The minimum atomic E-state index is -0.285. The molecule has 0 radical (unpaired) electrons. The SMILES string of the molecule is [2H]COCCC1OC(=O)c2cc(Br)ccc21. The Labute approximate surface area is 97.9 Å². The van der Waals surface area contributed by atoms with E-state index < -0.39 is 0 Å². The molecule has 1 unspecified atom stereocenters. The minimum absolute atomic E-state index is 0.0616. The van der Waals surface area contributed by atoms with Gasteiger partial charge in [-0.1, -0.05) is 22.0 Å². The minimum Gasteiger partial charge on any atom is -0.454 e. The maximum absolute atomic E-state index is 11.5. The van der Waals surface area contributed by atoms with Crippen molar-refractivity contribution in [3.05, 3.63) is 33.8 Å². The molecule has 0 spiro atoms. The van der Waals surface area contributed by atoms with Crippen molar-refractivity contribution in [3.8, 4) is 0 Å². The van der Waals surface area contributed by atoms with E-state index in [0.29, 0.717) is 18.6 Å². The van der Waals surface area contributed by atoms with E-state index in [0.717, 1.165) is 10.0 Å². The summed E-state index contributed by atoms with van der Waals surface area (Å²) in [5, 5.41) is 0. The molecule has 0 amide bonds. The molecule has 80 valence electrons. The first kappa shape index (κ1) is 9.36. The number of esters is 1. The smallest absolute Gasteiger partial charge is 0.339 e. The normalized spacial score (nSPS) is 19.7. The van der Waals surface area contributed by atoms with Gasteiger partial charge in [-0.05, 0) is 12.1 Å². The zero-order valence-electron chi connectivity index (χ0n) is 9.03. The van der Waals surface area contributed by atoms with Crippen LogP contribution in [0.25, 0.3) is 0 Å². The van der Waals surface area contributed by atoms with Crippen LogP contribution in [-0.2, 0) is 9.47 Å². The number of cyclic esters (lactones) is 1. The number of halogens is 1. The quantitative estimate of drug-likeness (QED) is 0.627. The van der Waals surface area contributed by atoms with Gasteiger partial charge in [0.2, 0.25) is 0 Å². The van der Waals surface area contributed by atoms with Gasteiger partial charge in [-0.15, -0.1) is 0 Å². The number of methoxy groups -OCH3 is 1. The molecule has 0 bridgehead atoms. The zero-order chi connectivity index (χ0) is 11.5. The van der Waals surface area contributed by atoms with Gasteiger partial charge in [0.05, 0.1) is 13.5 Å². The number of fused-ring (bicyclic) bond motifs is 1. The van der Waals surface area contributed by atoms with Gasteiger partial charge in [-0.2, -0.15) is 0 Å². The van der Waals surface area contributed by atoms with E-state index in [4.69, 9.17) is 10.8 Å². The number of benzene rings is 1. The van der Waals surface area contributed by atoms with Crippen molar-refractivity contribution in [1.82, 2.24) is 0 Å². The summed E-state index contributed by atoms with van der Waals surface area (Å²) in [6, 6.07) is 5.54. The van der Waals surface area contributed by atoms with E-state index in [1.807, 2.05) is 12.1 Å². The van der Waals surface area contributed by atoms with Crippen LogP contribution in [0, 0.1) is 0 Å². The summed E-state index contributed by atoms with van der Waals surface area (Å²) in [4.78, 5) is 11.5. The summed E-state index contributed by atoms with van der Waals surface area (Å²) >= 11 is 3.32. The summed E-state index contributed by atoms with van der Waals surface area (Å²) in [5.74, 6) is -0.285. The molecular weight excluding hydrogens is 260 g/mol. The van der Waals surface area contributed by atoms with Crippen molar-refractivity contribution in [2.24, 2.45) is 0 Å². The Bertz CT molecular complexity index is 408. The van der Waals surface area contributed by atoms with Crippen LogP contribution < -0.4 is 0 Å². The molecule has 1 heterocycles. The molecule has 1 aliphatic heterocycles. The summed E-state index contributed by atoms with van der Waals surface area (Å²) in [5.41, 5.74) is 1.52. The Kier molecular flexibility index (Phi) is 2.70. The number of hydrogen-bond donors (Lipinski definition) is 0. The molecule has 0 saturated heterocycles. The van der Waals surface area contributed by atoms with E-state index in [1.54, 1.807) is 6.07 Å². The second-order valence-electron chi connectivity index (χ2n) is 3.32. The molecular formula is C11H11BrO3. The van der Waals surface area contributed by atoms with Crippen LogP contribution in [0.1, 0.15) is 29.8 Å². The fourth-order valence-electron chi connectivity index (χ4n) is 1.65. The predicted molar refractivity (Wildman–Crippen MR) is 58.8 cm³/mol. The Hall–Kier alpha value is -0.870. The van der Waals surface area contributed by atoms with E-state index in [-0.39, 0.29) is 19.2 Å². The molecule has 15 heavy (non-hydrogen) atoms. The van der Waals surface area contributed by atoms with Gasteiger partial charge in [0.1, 0.15) is 6.10 Å². The van der Waals surface area contributed by atoms with E-state index >= 15 is 0 Å². The average molecular weight is 272 g/mol. The van der Waals surface area contributed by atoms with Crippen LogP contribution >= 0.6 is 15.9 Å². The summed E-state index contributed by atoms with van der Waals surface area (Å²) in [7, 11) is -0.0616. The zero-order valence-corrected chi connectivity index (χ0v) is 9.62. The Morgan fingerprint density at radius 3 is 3.33 bits per heavy atom. The fraction of sp³-hybridized carbons (Fsp3) is 0.364. The Balaban J connectivity index is 2.13. The lowest BCUT2D eigenvalue weighted by Crippen LogP contribution is -2.02. The molecule has 1 atom stereocenters. The molecule has 0 aliphatic carbocycles. The van der Waals surface area contributed by atoms with Crippen LogP contribution in [0.2, 0.25) is 0 Å². The third kappa shape index (κ3) is 2.06. The van der Waals surface area contributed by atoms with E-state index in [1.165, 1.54) is 0 Å². The van der Waals surface area contributed by atoms with Crippen molar-refractivity contribution < 1.29 is 15.6 Å². The molecule has 0 fully saturated rings. The highest BCUT2D eigenvalue weighted by Gasteiger charge is 2.30. The highest BCUT2D eigenvalue weighted by molar-refractivity contribution is 9.10. The van der Waals surface area contributed by atoms with Crippen LogP contribution in [-0.4, -0.2) is 19.7 Å². The highest BCUT2D eigenvalue weighted by atomic mass is 79.9. The van der Waals surface area contributed by atoms with E-state index in [9.17, 15) is 4.79 Å². The van der Waals surface area contributed by atoms with Crippen molar-refractivity contribution in [2.75, 3.05) is 13.7 Å². The lowest BCUT2D eigenvalue weighted by atomic mass is 10.0. The largest absolute Gasteiger partial charge is 0.454 e. The first-order chi connectivity index (χ1) is 7.72. The van der Waals surface area contributed by atoms with Gasteiger partial charge in [0.25, 0.3) is 0 Å².